The molecule has 0 radical (unpaired) electrons. The Bertz CT molecular complexity index is 493. The minimum Gasteiger partial charge on any atom is -0.413 e. The average molecular weight is 363 g/mol. The quantitative estimate of drug-likeness (QED) is 0.192. The number of carbonyl (C=O) groups is 1. The largest absolute Gasteiger partial charge is 0.413 e. The van der Waals surface area contributed by atoms with Crippen molar-refractivity contribution < 1.29 is 9.22 Å². The summed E-state index contributed by atoms with van der Waals surface area (Å²) in [6, 6.07) is 0. The molecule has 0 bridgehead atoms. The number of allylic oxidation sites excluding steroid dienone is 7. The SMILES string of the molecule is C/C=C/C=C/C[C@@H](C)[C@H](O[Si](C)(C)C(C)(C)C)[C@@H](C)/C=C/C=C/C=O. The van der Waals surface area contributed by atoms with Gasteiger partial charge in [-0.2, -0.15) is 0 Å². The molecule has 0 aromatic rings. The highest BCUT2D eigenvalue weighted by molar-refractivity contribution is 6.74. The fourth-order valence-corrected chi connectivity index (χ4v) is 3.82. The summed E-state index contributed by atoms with van der Waals surface area (Å²) < 4.78 is 6.78. The van der Waals surface area contributed by atoms with E-state index in [1.165, 1.54) is 6.08 Å². The Morgan fingerprint density at radius 2 is 1.64 bits per heavy atom. The number of rotatable bonds is 10. The Labute approximate surface area is 156 Å². The predicted molar refractivity (Wildman–Crippen MR) is 113 cm³/mol. The van der Waals surface area contributed by atoms with Crippen molar-refractivity contribution in [2.45, 2.75) is 72.2 Å². The van der Waals surface area contributed by atoms with E-state index < -0.39 is 8.32 Å². The van der Waals surface area contributed by atoms with Crippen LogP contribution in [-0.2, 0) is 9.22 Å². The second kappa shape index (κ2) is 11.4. The third kappa shape index (κ3) is 9.17. The fourth-order valence-electron chi connectivity index (χ4n) is 2.33. The predicted octanol–water partition coefficient (Wildman–Crippen LogP) is 6.48. The van der Waals surface area contributed by atoms with Gasteiger partial charge < -0.3 is 4.43 Å². The van der Waals surface area contributed by atoms with Crippen molar-refractivity contribution in [1.82, 2.24) is 0 Å². The van der Waals surface area contributed by atoms with Crippen LogP contribution in [0, 0.1) is 11.8 Å². The molecular weight excluding hydrogens is 324 g/mol. The van der Waals surface area contributed by atoms with Gasteiger partial charge in [-0.25, -0.2) is 0 Å². The van der Waals surface area contributed by atoms with Crippen molar-refractivity contribution in [2.75, 3.05) is 0 Å². The zero-order valence-corrected chi connectivity index (χ0v) is 18.5. The van der Waals surface area contributed by atoms with Crippen LogP contribution in [0.4, 0.5) is 0 Å². The van der Waals surface area contributed by atoms with Crippen LogP contribution < -0.4 is 0 Å². The van der Waals surface area contributed by atoms with Crippen LogP contribution in [-0.4, -0.2) is 20.7 Å². The van der Waals surface area contributed by atoms with Crippen LogP contribution in [0.3, 0.4) is 0 Å². The Morgan fingerprint density at radius 1 is 1.00 bits per heavy atom. The average Bonchev–Trinajstić information content (AvgIpc) is 2.52. The summed E-state index contributed by atoms with van der Waals surface area (Å²) in [4.78, 5) is 10.4. The zero-order valence-electron chi connectivity index (χ0n) is 17.5. The van der Waals surface area contributed by atoms with Gasteiger partial charge in [0, 0.05) is 0 Å². The van der Waals surface area contributed by atoms with Gasteiger partial charge in [0.05, 0.1) is 6.10 Å². The molecule has 0 heterocycles. The summed E-state index contributed by atoms with van der Waals surface area (Å²) in [5.74, 6) is 0.709. The van der Waals surface area contributed by atoms with Crippen molar-refractivity contribution in [3.63, 3.8) is 0 Å². The molecule has 3 atom stereocenters. The lowest BCUT2D eigenvalue weighted by atomic mass is 9.90. The van der Waals surface area contributed by atoms with Crippen LogP contribution in [0.25, 0.3) is 0 Å². The lowest BCUT2D eigenvalue weighted by molar-refractivity contribution is -0.104. The van der Waals surface area contributed by atoms with Gasteiger partial charge in [-0.1, -0.05) is 77.2 Å². The van der Waals surface area contributed by atoms with E-state index in [1.54, 1.807) is 6.08 Å². The topological polar surface area (TPSA) is 26.3 Å². The molecular formula is C22H38O2Si. The first-order valence-corrected chi connectivity index (χ1v) is 12.2. The third-order valence-corrected chi connectivity index (χ3v) is 9.45. The maximum Gasteiger partial charge on any atom is 0.192 e. The molecule has 0 saturated carbocycles. The lowest BCUT2D eigenvalue weighted by Crippen LogP contribution is -2.47. The molecule has 0 aliphatic rings. The normalized spacial score (nSPS) is 17.8. The van der Waals surface area contributed by atoms with Gasteiger partial charge in [0.1, 0.15) is 6.29 Å². The van der Waals surface area contributed by atoms with E-state index in [-0.39, 0.29) is 17.1 Å². The van der Waals surface area contributed by atoms with Gasteiger partial charge in [-0.15, -0.1) is 0 Å². The minimum absolute atomic E-state index is 0.164. The maximum absolute atomic E-state index is 10.4. The second-order valence-corrected chi connectivity index (χ2v) is 13.0. The van der Waals surface area contributed by atoms with Crippen LogP contribution in [0.2, 0.25) is 18.1 Å². The van der Waals surface area contributed by atoms with Crippen molar-refractivity contribution in [3.05, 3.63) is 48.6 Å². The molecule has 0 amide bonds. The van der Waals surface area contributed by atoms with Crippen molar-refractivity contribution in [1.29, 1.82) is 0 Å². The molecule has 142 valence electrons. The number of aldehydes is 1. The smallest absolute Gasteiger partial charge is 0.192 e. The second-order valence-electron chi connectivity index (χ2n) is 8.27. The highest BCUT2D eigenvalue weighted by atomic mass is 28.4. The maximum atomic E-state index is 10.4. The van der Waals surface area contributed by atoms with E-state index in [0.717, 1.165) is 12.7 Å². The van der Waals surface area contributed by atoms with E-state index in [2.05, 4.69) is 72.0 Å². The van der Waals surface area contributed by atoms with Gasteiger partial charge in [-0.05, 0) is 49.4 Å². The molecule has 0 aliphatic carbocycles. The van der Waals surface area contributed by atoms with E-state index in [4.69, 9.17) is 4.43 Å². The third-order valence-electron chi connectivity index (χ3n) is 4.98. The monoisotopic (exact) mass is 362 g/mol. The number of hydrogen-bond donors (Lipinski definition) is 0. The molecule has 25 heavy (non-hydrogen) atoms. The molecule has 0 aromatic carbocycles. The van der Waals surface area contributed by atoms with Gasteiger partial charge in [0.25, 0.3) is 0 Å². The highest BCUT2D eigenvalue weighted by Gasteiger charge is 2.40. The van der Waals surface area contributed by atoms with Gasteiger partial charge >= 0.3 is 0 Å². The molecule has 3 heteroatoms. The van der Waals surface area contributed by atoms with E-state index in [1.807, 2.05) is 19.1 Å². The summed E-state index contributed by atoms with van der Waals surface area (Å²) in [7, 11) is -1.85. The first-order chi connectivity index (χ1) is 11.6. The Morgan fingerprint density at radius 3 is 2.16 bits per heavy atom. The van der Waals surface area contributed by atoms with Crippen LogP contribution in [0.5, 0.6) is 0 Å². The summed E-state index contributed by atoms with van der Waals surface area (Å²) >= 11 is 0. The molecule has 0 spiro atoms. The zero-order chi connectivity index (χ0) is 19.5. The Kier molecular flexibility index (Phi) is 10.9. The standard InChI is InChI=1S/C22H38O2Si/c1-9-10-11-13-16-19(2)21(20(3)17-14-12-15-18-23)24-25(7,8)22(4,5)6/h9-15,17-21H,16H2,1-8H3/b10-9+,13-11+,15-12+,17-14+/t19-,20+,21+/m1/s1. The molecule has 2 nitrogen and oxygen atoms in total. The Balaban J connectivity index is 5.31. The van der Waals surface area contributed by atoms with Gasteiger partial charge in [0.15, 0.2) is 8.32 Å². The summed E-state index contributed by atoms with van der Waals surface area (Å²) in [5, 5.41) is 0.187. The Hall–Kier alpha value is -1.19. The molecule has 0 fully saturated rings. The first-order valence-electron chi connectivity index (χ1n) is 9.31. The van der Waals surface area contributed by atoms with Gasteiger partial charge in [0.2, 0.25) is 0 Å². The van der Waals surface area contributed by atoms with Crippen molar-refractivity contribution >= 4 is 14.6 Å². The van der Waals surface area contributed by atoms with E-state index >= 15 is 0 Å². The highest BCUT2D eigenvalue weighted by Crippen LogP contribution is 2.39. The molecule has 0 aliphatic heterocycles. The van der Waals surface area contributed by atoms with E-state index in [0.29, 0.717) is 5.92 Å². The van der Waals surface area contributed by atoms with Crippen molar-refractivity contribution in [2.24, 2.45) is 11.8 Å². The summed E-state index contributed by atoms with van der Waals surface area (Å²) in [5.41, 5.74) is 0. The number of carbonyl (C=O) groups excluding carboxylic acids is 1. The lowest BCUT2D eigenvalue weighted by Gasteiger charge is -2.42. The van der Waals surface area contributed by atoms with Crippen LogP contribution in [0.15, 0.2) is 48.6 Å². The van der Waals surface area contributed by atoms with Crippen LogP contribution >= 0.6 is 0 Å². The number of hydrogen-bond acceptors (Lipinski definition) is 2. The molecule has 0 aromatic heterocycles. The minimum atomic E-state index is -1.85. The molecule has 0 rings (SSSR count). The summed E-state index contributed by atoms with van der Waals surface area (Å²) in [6.45, 7) is 18.0. The molecule has 0 N–H and O–H groups in total. The molecule has 0 saturated heterocycles. The fraction of sp³-hybridized carbons (Fsp3) is 0.591. The van der Waals surface area contributed by atoms with Gasteiger partial charge in [-0.3, -0.25) is 4.79 Å². The molecule has 0 unspecified atom stereocenters. The van der Waals surface area contributed by atoms with E-state index in [9.17, 15) is 4.79 Å². The first kappa shape index (κ1) is 23.8. The van der Waals surface area contributed by atoms with Crippen LogP contribution in [0.1, 0.15) is 48.0 Å². The van der Waals surface area contributed by atoms with Crippen molar-refractivity contribution in [3.8, 4) is 0 Å². The summed E-state index contributed by atoms with van der Waals surface area (Å²) in [6.07, 6.45) is 17.8.